The number of carbonyl (C=O) groups excluding carboxylic acids is 2. The van der Waals surface area contributed by atoms with Gasteiger partial charge in [0.05, 0.1) is 30.4 Å². The number of aromatic hydroxyl groups is 1. The quantitative estimate of drug-likeness (QED) is 0.693. The summed E-state index contributed by atoms with van der Waals surface area (Å²) >= 11 is 0. The number of rotatable bonds is 6. The number of phenolic OH excluding ortho intramolecular Hbond substituents is 1. The van der Waals surface area contributed by atoms with Crippen molar-refractivity contribution in [2.75, 3.05) is 11.4 Å². The number of hydrogen-bond donors (Lipinski definition) is 1. The second-order valence-electron chi connectivity index (χ2n) is 6.58. The van der Waals surface area contributed by atoms with E-state index in [9.17, 15) is 14.7 Å². The van der Waals surface area contributed by atoms with Gasteiger partial charge < -0.3 is 23.7 Å². The van der Waals surface area contributed by atoms with Crippen LogP contribution in [0.5, 0.6) is 5.75 Å². The van der Waals surface area contributed by atoms with E-state index in [0.717, 1.165) is 0 Å². The van der Waals surface area contributed by atoms with Gasteiger partial charge in [0.1, 0.15) is 18.3 Å². The third-order valence-electron chi connectivity index (χ3n) is 4.62. The van der Waals surface area contributed by atoms with Crippen molar-refractivity contribution in [3.05, 3.63) is 61.0 Å². The Morgan fingerprint density at radius 1 is 1.11 bits per heavy atom. The van der Waals surface area contributed by atoms with Gasteiger partial charge >= 0.3 is 0 Å². The maximum Gasteiger partial charge on any atom is 0.228 e. The van der Waals surface area contributed by atoms with Crippen LogP contribution in [0.2, 0.25) is 0 Å². The number of benzene rings is 1. The molecule has 1 N–H and O–H groups in total. The van der Waals surface area contributed by atoms with Gasteiger partial charge in [-0.15, -0.1) is 0 Å². The van der Waals surface area contributed by atoms with Crippen LogP contribution in [0.15, 0.2) is 58.4 Å². The molecule has 9 heteroatoms. The van der Waals surface area contributed by atoms with Crippen molar-refractivity contribution >= 4 is 17.5 Å². The zero-order valence-electron chi connectivity index (χ0n) is 14.9. The first kappa shape index (κ1) is 17.8. The lowest BCUT2D eigenvalue weighted by Gasteiger charge is -2.24. The van der Waals surface area contributed by atoms with Gasteiger partial charge in [-0.25, -0.2) is 9.97 Å². The second kappa shape index (κ2) is 7.55. The smallest absolute Gasteiger partial charge is 0.228 e. The molecule has 28 heavy (non-hydrogen) atoms. The van der Waals surface area contributed by atoms with E-state index in [-0.39, 0.29) is 43.6 Å². The average Bonchev–Trinajstić information content (AvgIpc) is 3.44. The zero-order valence-corrected chi connectivity index (χ0v) is 14.9. The molecule has 0 saturated carbocycles. The van der Waals surface area contributed by atoms with E-state index in [2.05, 4.69) is 9.97 Å². The fourth-order valence-electron chi connectivity index (χ4n) is 3.25. The van der Waals surface area contributed by atoms with Crippen LogP contribution >= 0.6 is 0 Å². The molecule has 0 radical (unpaired) electrons. The average molecular weight is 382 g/mol. The molecular weight excluding hydrogens is 364 g/mol. The second-order valence-corrected chi connectivity index (χ2v) is 6.58. The SMILES string of the molecule is O=C([C@H]1CC(=O)N(c2ccc(O)cc2)C1)N(Cc1cocn1)Cc1cocn1. The van der Waals surface area contributed by atoms with Crippen LogP contribution in [0.4, 0.5) is 5.69 Å². The lowest BCUT2D eigenvalue weighted by atomic mass is 10.1. The molecule has 1 saturated heterocycles. The summed E-state index contributed by atoms with van der Waals surface area (Å²) < 4.78 is 9.98. The monoisotopic (exact) mass is 382 g/mol. The van der Waals surface area contributed by atoms with Crippen molar-refractivity contribution in [3.63, 3.8) is 0 Å². The Bertz CT molecular complexity index is 901. The molecule has 1 aromatic carbocycles. The van der Waals surface area contributed by atoms with Crippen LogP contribution in [0, 0.1) is 5.92 Å². The maximum atomic E-state index is 13.2. The molecule has 0 aliphatic carbocycles. The summed E-state index contributed by atoms with van der Waals surface area (Å²) in [6.07, 6.45) is 5.69. The lowest BCUT2D eigenvalue weighted by molar-refractivity contribution is -0.137. The highest BCUT2D eigenvalue weighted by atomic mass is 16.3. The van der Waals surface area contributed by atoms with Crippen LogP contribution in [0.25, 0.3) is 0 Å². The van der Waals surface area contributed by atoms with Crippen LogP contribution in [-0.2, 0) is 22.7 Å². The summed E-state index contributed by atoms with van der Waals surface area (Å²) in [4.78, 5) is 36.9. The van der Waals surface area contributed by atoms with Crippen molar-refractivity contribution in [1.82, 2.24) is 14.9 Å². The number of amides is 2. The topological polar surface area (TPSA) is 113 Å². The van der Waals surface area contributed by atoms with E-state index >= 15 is 0 Å². The van der Waals surface area contributed by atoms with E-state index in [1.54, 1.807) is 21.9 Å². The normalized spacial score (nSPS) is 16.5. The van der Waals surface area contributed by atoms with Gasteiger partial charge in [-0.3, -0.25) is 9.59 Å². The Morgan fingerprint density at radius 3 is 2.25 bits per heavy atom. The molecule has 2 amide bonds. The van der Waals surface area contributed by atoms with Crippen molar-refractivity contribution in [2.24, 2.45) is 5.92 Å². The molecule has 0 spiro atoms. The molecule has 9 nitrogen and oxygen atoms in total. The molecule has 3 heterocycles. The largest absolute Gasteiger partial charge is 0.508 e. The van der Waals surface area contributed by atoms with Crippen LogP contribution in [0.1, 0.15) is 17.8 Å². The van der Waals surface area contributed by atoms with Crippen LogP contribution < -0.4 is 4.90 Å². The van der Waals surface area contributed by atoms with Gasteiger partial charge in [0.15, 0.2) is 12.8 Å². The molecular formula is C19H18N4O5. The number of phenols is 1. The molecule has 1 aliphatic rings. The summed E-state index contributed by atoms with van der Waals surface area (Å²) in [5, 5.41) is 9.43. The Labute approximate surface area is 160 Å². The number of anilines is 1. The molecule has 144 valence electrons. The fraction of sp³-hybridized carbons (Fsp3) is 0.263. The van der Waals surface area contributed by atoms with E-state index in [1.165, 1.54) is 37.4 Å². The minimum absolute atomic E-state index is 0.119. The maximum absolute atomic E-state index is 13.2. The Balaban J connectivity index is 1.51. The van der Waals surface area contributed by atoms with E-state index in [1.807, 2.05) is 0 Å². The van der Waals surface area contributed by atoms with Crippen molar-refractivity contribution in [3.8, 4) is 5.75 Å². The summed E-state index contributed by atoms with van der Waals surface area (Å²) in [6.45, 7) is 0.759. The molecule has 4 rings (SSSR count). The van der Waals surface area contributed by atoms with Crippen LogP contribution in [-0.4, -0.2) is 38.3 Å². The third-order valence-corrected chi connectivity index (χ3v) is 4.62. The lowest BCUT2D eigenvalue weighted by Crippen LogP contribution is -2.37. The number of oxazole rings is 2. The van der Waals surface area contributed by atoms with Gasteiger partial charge in [0.25, 0.3) is 0 Å². The molecule has 1 aliphatic heterocycles. The van der Waals surface area contributed by atoms with Crippen molar-refractivity contribution in [1.29, 1.82) is 0 Å². The van der Waals surface area contributed by atoms with Gasteiger partial charge in [-0.2, -0.15) is 0 Å². The molecule has 1 atom stereocenters. The fourth-order valence-corrected chi connectivity index (χ4v) is 3.25. The number of hydrogen-bond acceptors (Lipinski definition) is 7. The van der Waals surface area contributed by atoms with Crippen molar-refractivity contribution < 1.29 is 23.5 Å². The highest BCUT2D eigenvalue weighted by Crippen LogP contribution is 2.28. The van der Waals surface area contributed by atoms with Gasteiger partial charge in [0.2, 0.25) is 11.8 Å². The molecule has 2 aromatic heterocycles. The molecule has 3 aromatic rings. The first-order valence-corrected chi connectivity index (χ1v) is 8.72. The number of aromatic nitrogens is 2. The van der Waals surface area contributed by atoms with E-state index in [0.29, 0.717) is 17.1 Å². The summed E-state index contributed by atoms with van der Waals surface area (Å²) in [6, 6.07) is 6.34. The minimum Gasteiger partial charge on any atom is -0.508 e. The molecule has 0 bridgehead atoms. The Morgan fingerprint density at radius 2 is 1.71 bits per heavy atom. The highest BCUT2D eigenvalue weighted by Gasteiger charge is 2.37. The van der Waals surface area contributed by atoms with Gasteiger partial charge in [0, 0.05) is 18.7 Å². The van der Waals surface area contributed by atoms with Gasteiger partial charge in [-0.1, -0.05) is 0 Å². The molecule has 1 fully saturated rings. The predicted molar refractivity (Wildman–Crippen MR) is 95.8 cm³/mol. The third kappa shape index (κ3) is 3.73. The summed E-state index contributed by atoms with van der Waals surface area (Å²) in [7, 11) is 0. The van der Waals surface area contributed by atoms with E-state index < -0.39 is 5.92 Å². The predicted octanol–water partition coefficient (Wildman–Crippen LogP) is 1.95. The number of carbonyl (C=O) groups is 2. The highest BCUT2D eigenvalue weighted by molar-refractivity contribution is 6.00. The zero-order chi connectivity index (χ0) is 19.5. The minimum atomic E-state index is -0.486. The first-order valence-electron chi connectivity index (χ1n) is 8.72. The summed E-state index contributed by atoms with van der Waals surface area (Å²) in [5.41, 5.74) is 1.87. The number of nitrogens with zero attached hydrogens (tertiary/aromatic N) is 4. The molecule has 0 unspecified atom stereocenters. The summed E-state index contributed by atoms with van der Waals surface area (Å²) in [5.74, 6) is -0.665. The van der Waals surface area contributed by atoms with Crippen LogP contribution in [0.3, 0.4) is 0 Å². The van der Waals surface area contributed by atoms with E-state index in [4.69, 9.17) is 8.83 Å². The van der Waals surface area contributed by atoms with Gasteiger partial charge in [-0.05, 0) is 24.3 Å². The Hall–Kier alpha value is -3.62. The standard InChI is InChI=1S/C19H18N4O5/c24-17-3-1-16(2-4-17)23-6-13(5-18(23)25)19(26)22(7-14-9-27-11-20-14)8-15-10-28-12-21-15/h1-4,9-13,24H,5-8H2/t13-/m0/s1. The Kier molecular flexibility index (Phi) is 4.79. The first-order chi connectivity index (χ1) is 13.6. The van der Waals surface area contributed by atoms with Crippen molar-refractivity contribution in [2.45, 2.75) is 19.5 Å².